The molecule has 4 nitrogen and oxygen atoms in total. The second kappa shape index (κ2) is 6.22. The van der Waals surface area contributed by atoms with Gasteiger partial charge in [0.15, 0.2) is 0 Å². The van der Waals surface area contributed by atoms with Crippen LogP contribution in [0.25, 0.3) is 0 Å². The number of hydrogen-bond acceptors (Lipinski definition) is 4. The van der Waals surface area contributed by atoms with E-state index in [9.17, 15) is 0 Å². The van der Waals surface area contributed by atoms with Crippen molar-refractivity contribution in [1.29, 1.82) is 0 Å². The van der Waals surface area contributed by atoms with Gasteiger partial charge < -0.3 is 15.2 Å². The Kier molecular flexibility index (Phi) is 4.36. The molecule has 0 amide bonds. The van der Waals surface area contributed by atoms with Gasteiger partial charge in [0.2, 0.25) is 0 Å². The van der Waals surface area contributed by atoms with Crippen LogP contribution in [0.5, 0.6) is 0 Å². The molecule has 0 saturated carbocycles. The minimum absolute atomic E-state index is 0.114. The lowest BCUT2D eigenvalue weighted by atomic mass is 9.95. The Bertz CT molecular complexity index is 423. The highest BCUT2D eigenvalue weighted by molar-refractivity contribution is 5.21. The predicted octanol–water partition coefficient (Wildman–Crippen LogP) is 1.13. The molecule has 2 saturated heterocycles. The lowest BCUT2D eigenvalue weighted by Crippen LogP contribution is -2.66. The number of aliphatic hydroxyl groups is 1. The Morgan fingerprint density at radius 2 is 1.75 bits per heavy atom. The first-order chi connectivity index (χ1) is 9.82. The van der Waals surface area contributed by atoms with Gasteiger partial charge >= 0.3 is 0 Å². The average Bonchev–Trinajstić information content (AvgIpc) is 2.97. The number of hydrogen-bond donors (Lipinski definition) is 2. The predicted molar refractivity (Wildman–Crippen MR) is 78.4 cm³/mol. The molecule has 2 N–H and O–H groups in total. The van der Waals surface area contributed by atoms with Gasteiger partial charge in [-0.05, 0) is 37.1 Å². The number of nitrogens with zero attached hydrogens (tertiary/aromatic N) is 1. The van der Waals surface area contributed by atoms with E-state index < -0.39 is 0 Å². The Labute approximate surface area is 120 Å². The van der Waals surface area contributed by atoms with E-state index in [2.05, 4.69) is 22.3 Å². The number of rotatable bonds is 6. The van der Waals surface area contributed by atoms with Gasteiger partial charge in [0.05, 0.1) is 25.4 Å². The van der Waals surface area contributed by atoms with Crippen molar-refractivity contribution in [3.63, 3.8) is 0 Å². The molecule has 0 aliphatic carbocycles. The molecule has 1 aromatic carbocycles. The molecule has 0 unspecified atom stereocenters. The third kappa shape index (κ3) is 2.88. The summed E-state index contributed by atoms with van der Waals surface area (Å²) in [6.07, 6.45) is 2.65. The molecule has 0 spiro atoms. The van der Waals surface area contributed by atoms with Crippen LogP contribution in [-0.2, 0) is 17.9 Å². The Hall–Kier alpha value is -0.940. The minimum Gasteiger partial charge on any atom is -0.392 e. The molecule has 3 rings (SSSR count). The van der Waals surface area contributed by atoms with Gasteiger partial charge in [-0.1, -0.05) is 24.3 Å². The molecule has 20 heavy (non-hydrogen) atoms. The van der Waals surface area contributed by atoms with Crippen molar-refractivity contribution >= 4 is 0 Å². The summed E-state index contributed by atoms with van der Waals surface area (Å²) in [5.41, 5.74) is 2.47. The molecule has 2 fully saturated rings. The highest BCUT2D eigenvalue weighted by Crippen LogP contribution is 2.28. The van der Waals surface area contributed by atoms with E-state index in [0.717, 1.165) is 31.9 Å². The van der Waals surface area contributed by atoms with Crippen LogP contribution < -0.4 is 5.32 Å². The van der Waals surface area contributed by atoms with E-state index >= 15 is 0 Å². The second-order valence-electron chi connectivity index (χ2n) is 5.99. The maximum absolute atomic E-state index is 9.04. The Morgan fingerprint density at radius 3 is 2.30 bits per heavy atom. The number of ether oxygens (including phenoxy) is 1. The first-order valence-corrected chi connectivity index (χ1v) is 7.55. The quantitative estimate of drug-likeness (QED) is 0.818. The van der Waals surface area contributed by atoms with Crippen molar-refractivity contribution in [3.8, 4) is 0 Å². The smallest absolute Gasteiger partial charge is 0.0804 e. The van der Waals surface area contributed by atoms with Gasteiger partial charge in [-0.3, -0.25) is 4.90 Å². The van der Waals surface area contributed by atoms with E-state index in [-0.39, 0.29) is 12.1 Å². The molecule has 2 aliphatic heterocycles. The van der Waals surface area contributed by atoms with Crippen LogP contribution in [0.2, 0.25) is 0 Å². The van der Waals surface area contributed by atoms with Gasteiger partial charge in [0.25, 0.3) is 0 Å². The summed E-state index contributed by atoms with van der Waals surface area (Å²) in [6, 6.07) is 8.14. The van der Waals surface area contributed by atoms with Crippen molar-refractivity contribution in [2.24, 2.45) is 0 Å². The fraction of sp³-hybridized carbons (Fsp3) is 0.625. The van der Waals surface area contributed by atoms with Gasteiger partial charge in [0, 0.05) is 13.1 Å². The number of benzene rings is 1. The first kappa shape index (κ1) is 14.0. The molecule has 110 valence electrons. The normalized spacial score (nSPS) is 21.9. The van der Waals surface area contributed by atoms with Crippen molar-refractivity contribution in [2.45, 2.75) is 31.5 Å². The summed E-state index contributed by atoms with van der Waals surface area (Å²) < 4.78 is 5.47. The number of nitrogens with one attached hydrogen (secondary N) is 1. The summed E-state index contributed by atoms with van der Waals surface area (Å²) in [5.74, 6) is 0. The second-order valence-corrected chi connectivity index (χ2v) is 5.99. The van der Waals surface area contributed by atoms with E-state index in [1.165, 1.54) is 31.5 Å². The average molecular weight is 276 g/mol. The molecule has 0 aromatic heterocycles. The highest BCUT2D eigenvalue weighted by Gasteiger charge is 2.44. The van der Waals surface area contributed by atoms with E-state index in [1.807, 2.05) is 12.1 Å². The number of aliphatic hydroxyl groups excluding tert-OH is 1. The van der Waals surface area contributed by atoms with Crippen LogP contribution in [0, 0.1) is 0 Å². The van der Waals surface area contributed by atoms with Crippen LogP contribution in [-0.4, -0.2) is 48.4 Å². The zero-order valence-corrected chi connectivity index (χ0v) is 12.0. The largest absolute Gasteiger partial charge is 0.392 e. The zero-order chi connectivity index (χ0) is 13.8. The summed E-state index contributed by atoms with van der Waals surface area (Å²) in [5, 5.41) is 12.6. The van der Waals surface area contributed by atoms with Crippen LogP contribution >= 0.6 is 0 Å². The monoisotopic (exact) mass is 276 g/mol. The molecule has 0 radical (unpaired) electrons. The highest BCUT2D eigenvalue weighted by atomic mass is 16.5. The molecule has 2 heterocycles. The van der Waals surface area contributed by atoms with Crippen molar-refractivity contribution in [2.75, 3.05) is 32.8 Å². The van der Waals surface area contributed by atoms with Gasteiger partial charge in [-0.25, -0.2) is 0 Å². The van der Waals surface area contributed by atoms with Gasteiger partial charge in [0.1, 0.15) is 0 Å². The number of likely N-dealkylation sites (tertiary alicyclic amines) is 1. The third-order valence-corrected chi connectivity index (χ3v) is 4.51. The van der Waals surface area contributed by atoms with Crippen LogP contribution in [0.3, 0.4) is 0 Å². The fourth-order valence-electron chi connectivity index (χ4n) is 3.13. The van der Waals surface area contributed by atoms with E-state index in [0.29, 0.717) is 0 Å². The van der Waals surface area contributed by atoms with Crippen LogP contribution in [0.4, 0.5) is 0 Å². The molecule has 2 aliphatic rings. The Morgan fingerprint density at radius 1 is 1.10 bits per heavy atom. The lowest BCUT2D eigenvalue weighted by molar-refractivity contribution is -0.131. The van der Waals surface area contributed by atoms with Crippen LogP contribution in [0.1, 0.15) is 24.0 Å². The maximum Gasteiger partial charge on any atom is 0.0804 e. The Balaban J connectivity index is 1.50. The molecular weight excluding hydrogens is 252 g/mol. The zero-order valence-electron chi connectivity index (χ0n) is 12.0. The van der Waals surface area contributed by atoms with Gasteiger partial charge in [-0.2, -0.15) is 0 Å². The third-order valence-electron chi connectivity index (χ3n) is 4.51. The first-order valence-electron chi connectivity index (χ1n) is 7.55. The molecule has 0 atom stereocenters. The minimum atomic E-state index is 0.114. The van der Waals surface area contributed by atoms with Crippen LogP contribution in [0.15, 0.2) is 24.3 Å². The summed E-state index contributed by atoms with van der Waals surface area (Å²) in [4.78, 5) is 2.60. The lowest BCUT2D eigenvalue weighted by Gasteiger charge is -2.48. The van der Waals surface area contributed by atoms with E-state index in [1.54, 1.807) is 0 Å². The molecule has 0 bridgehead atoms. The van der Waals surface area contributed by atoms with Crippen molar-refractivity contribution in [1.82, 2.24) is 10.2 Å². The molecule has 1 aromatic rings. The van der Waals surface area contributed by atoms with E-state index in [4.69, 9.17) is 9.84 Å². The van der Waals surface area contributed by atoms with Crippen molar-refractivity contribution in [3.05, 3.63) is 35.4 Å². The summed E-state index contributed by atoms with van der Waals surface area (Å²) in [6.45, 7) is 6.15. The fourth-order valence-corrected chi connectivity index (χ4v) is 3.13. The maximum atomic E-state index is 9.04. The standard InChI is InChI=1S/C16H24N2O2/c19-10-15-5-3-14(4-6-15)9-17-11-16(12-20-13-16)18-7-1-2-8-18/h3-6,17,19H,1-2,7-13H2. The summed E-state index contributed by atoms with van der Waals surface area (Å²) in [7, 11) is 0. The topological polar surface area (TPSA) is 44.7 Å². The molecule has 4 heteroatoms. The van der Waals surface area contributed by atoms with Gasteiger partial charge in [-0.15, -0.1) is 0 Å². The molecular formula is C16H24N2O2. The SMILES string of the molecule is OCc1ccc(CNCC2(N3CCCC3)COC2)cc1. The summed E-state index contributed by atoms with van der Waals surface area (Å²) >= 11 is 0. The van der Waals surface area contributed by atoms with Crippen molar-refractivity contribution < 1.29 is 9.84 Å².